The van der Waals surface area contributed by atoms with Gasteiger partial charge in [0.25, 0.3) is 5.69 Å². The first-order valence-electron chi connectivity index (χ1n) is 7.38. The summed E-state index contributed by atoms with van der Waals surface area (Å²) >= 11 is 7.38. The third kappa shape index (κ3) is 3.02. The Morgan fingerprint density at radius 1 is 1.42 bits per heavy atom. The lowest BCUT2D eigenvalue weighted by Crippen LogP contribution is -2.09. The lowest BCUT2D eigenvalue weighted by atomic mass is 10.2. The minimum absolute atomic E-state index is 0.0280. The van der Waals surface area contributed by atoms with Crippen LogP contribution in [-0.2, 0) is 0 Å². The van der Waals surface area contributed by atoms with E-state index in [0.29, 0.717) is 27.5 Å². The van der Waals surface area contributed by atoms with Crippen molar-refractivity contribution in [3.63, 3.8) is 0 Å². The lowest BCUT2D eigenvalue weighted by Gasteiger charge is -2.06. The van der Waals surface area contributed by atoms with Crippen LogP contribution >= 0.6 is 22.9 Å². The van der Waals surface area contributed by atoms with Crippen LogP contribution in [-0.4, -0.2) is 27.3 Å². The highest BCUT2D eigenvalue weighted by Crippen LogP contribution is 2.38. The molecule has 0 unspecified atom stereocenters. The number of nitrogens with one attached hydrogen (secondary N) is 1. The van der Waals surface area contributed by atoms with Gasteiger partial charge in [-0.15, -0.1) is 11.3 Å². The van der Waals surface area contributed by atoms with Crippen molar-refractivity contribution in [2.24, 2.45) is 10.9 Å². The predicted molar refractivity (Wildman–Crippen MR) is 93.7 cm³/mol. The zero-order valence-electron chi connectivity index (χ0n) is 12.4. The number of anilines is 1. The quantitative estimate of drug-likeness (QED) is 0.657. The number of aliphatic imine (C=N–C) groups is 1. The fraction of sp³-hybridized carbons (Fsp3) is 0.267. The van der Waals surface area contributed by atoms with E-state index in [9.17, 15) is 10.1 Å². The monoisotopic (exact) mass is 361 g/mol. The Hall–Kier alpha value is -2.32. The summed E-state index contributed by atoms with van der Waals surface area (Å²) in [4.78, 5) is 24.0. The Morgan fingerprint density at radius 3 is 2.96 bits per heavy atom. The van der Waals surface area contributed by atoms with Gasteiger partial charge in [-0.1, -0.05) is 11.6 Å². The Morgan fingerprint density at radius 2 is 2.25 bits per heavy atom. The van der Waals surface area contributed by atoms with Gasteiger partial charge in [-0.2, -0.15) is 0 Å². The van der Waals surface area contributed by atoms with Crippen molar-refractivity contribution in [3.8, 4) is 10.7 Å². The summed E-state index contributed by atoms with van der Waals surface area (Å²) in [6.45, 7) is 0.722. The molecule has 122 valence electrons. The van der Waals surface area contributed by atoms with E-state index in [2.05, 4.69) is 20.3 Å². The van der Waals surface area contributed by atoms with Crippen LogP contribution in [0.3, 0.4) is 0 Å². The van der Waals surface area contributed by atoms with E-state index in [1.165, 1.54) is 47.4 Å². The molecule has 0 saturated heterocycles. The normalized spacial score (nSPS) is 16.7. The number of hydrogen-bond donors (Lipinski definition) is 1. The molecule has 2 aliphatic rings. The number of rotatable bonds is 4. The highest BCUT2D eigenvalue weighted by molar-refractivity contribution is 7.13. The minimum Gasteiger partial charge on any atom is -0.324 e. The van der Waals surface area contributed by atoms with Crippen LogP contribution in [0.5, 0.6) is 0 Å². The number of nitrogens with zero attached hydrogens (tertiary/aromatic N) is 4. The molecule has 1 aliphatic heterocycles. The van der Waals surface area contributed by atoms with Crippen molar-refractivity contribution in [2.75, 3.05) is 11.9 Å². The maximum Gasteiger partial charge on any atom is 0.280 e. The Kier molecular flexibility index (Phi) is 3.78. The Labute approximate surface area is 146 Å². The molecule has 3 heterocycles. The molecule has 1 N–H and O–H groups in total. The van der Waals surface area contributed by atoms with Gasteiger partial charge in [0.2, 0.25) is 0 Å². The van der Waals surface area contributed by atoms with Crippen LogP contribution in [0.15, 0.2) is 34.3 Å². The standard InChI is InChI=1S/C15H12ClN5O2S/c16-11-6-18-15(12-4-10(7-24-12)21(22)23)20-14(11)19-13-3-9(5-17-13)8-1-2-8/h3-4,6-8H,1-2,5H2,(H,17,18,19,20). The van der Waals surface area contributed by atoms with Crippen molar-refractivity contribution >= 4 is 40.3 Å². The summed E-state index contributed by atoms with van der Waals surface area (Å²) in [6.07, 6.45) is 6.01. The lowest BCUT2D eigenvalue weighted by molar-refractivity contribution is -0.384. The Balaban J connectivity index is 1.58. The van der Waals surface area contributed by atoms with E-state index in [1.54, 1.807) is 0 Å². The first kappa shape index (κ1) is 15.2. The topological polar surface area (TPSA) is 93.3 Å². The van der Waals surface area contributed by atoms with Crippen LogP contribution < -0.4 is 5.32 Å². The second-order valence-electron chi connectivity index (χ2n) is 5.64. The first-order valence-corrected chi connectivity index (χ1v) is 8.63. The highest BCUT2D eigenvalue weighted by Gasteiger charge is 2.28. The van der Waals surface area contributed by atoms with E-state index in [4.69, 9.17) is 11.6 Å². The molecule has 2 aromatic rings. The molecule has 1 aliphatic carbocycles. The van der Waals surface area contributed by atoms with Crippen molar-refractivity contribution in [3.05, 3.63) is 44.4 Å². The summed E-state index contributed by atoms with van der Waals surface area (Å²) < 4.78 is 0. The van der Waals surface area contributed by atoms with Crippen molar-refractivity contribution in [2.45, 2.75) is 12.8 Å². The fourth-order valence-corrected chi connectivity index (χ4v) is 3.39. The second kappa shape index (κ2) is 5.95. The van der Waals surface area contributed by atoms with Gasteiger partial charge < -0.3 is 5.32 Å². The smallest absolute Gasteiger partial charge is 0.280 e. The molecule has 7 nitrogen and oxygen atoms in total. The summed E-state index contributed by atoms with van der Waals surface area (Å²) in [6, 6.07) is 1.45. The van der Waals surface area contributed by atoms with Gasteiger partial charge in [0.15, 0.2) is 11.6 Å². The van der Waals surface area contributed by atoms with Gasteiger partial charge in [-0.05, 0) is 30.4 Å². The van der Waals surface area contributed by atoms with Gasteiger partial charge in [0.1, 0.15) is 10.9 Å². The van der Waals surface area contributed by atoms with Crippen LogP contribution in [0.1, 0.15) is 12.8 Å². The molecule has 0 atom stereocenters. The molecule has 4 rings (SSSR count). The summed E-state index contributed by atoms with van der Waals surface area (Å²) in [5, 5.41) is 15.8. The zero-order valence-corrected chi connectivity index (χ0v) is 14.0. The largest absolute Gasteiger partial charge is 0.324 e. The molecule has 0 bridgehead atoms. The molecule has 1 saturated carbocycles. The summed E-state index contributed by atoms with van der Waals surface area (Å²) in [5.74, 6) is 2.26. The van der Waals surface area contributed by atoms with Crippen molar-refractivity contribution in [1.29, 1.82) is 0 Å². The number of nitro groups is 1. The molecule has 1 fully saturated rings. The third-order valence-electron chi connectivity index (χ3n) is 3.86. The fourth-order valence-electron chi connectivity index (χ4n) is 2.45. The predicted octanol–water partition coefficient (Wildman–Crippen LogP) is 3.93. The van der Waals surface area contributed by atoms with Gasteiger partial charge in [-0.25, -0.2) is 9.97 Å². The summed E-state index contributed by atoms with van der Waals surface area (Å²) in [7, 11) is 0. The molecular weight excluding hydrogens is 350 g/mol. The first-order chi connectivity index (χ1) is 11.6. The van der Waals surface area contributed by atoms with Gasteiger partial charge in [0, 0.05) is 6.07 Å². The maximum absolute atomic E-state index is 10.8. The molecule has 2 aromatic heterocycles. The van der Waals surface area contributed by atoms with Gasteiger partial charge in [-0.3, -0.25) is 15.1 Å². The molecular formula is C15H12ClN5O2S. The van der Waals surface area contributed by atoms with Crippen molar-refractivity contribution in [1.82, 2.24) is 9.97 Å². The number of hydrogen-bond acceptors (Lipinski definition) is 7. The molecule has 0 aromatic carbocycles. The number of halogens is 1. The maximum atomic E-state index is 10.8. The highest BCUT2D eigenvalue weighted by atomic mass is 35.5. The molecule has 0 radical (unpaired) electrons. The number of aromatic nitrogens is 2. The second-order valence-corrected chi connectivity index (χ2v) is 6.95. The van der Waals surface area contributed by atoms with Crippen LogP contribution in [0.2, 0.25) is 5.02 Å². The van der Waals surface area contributed by atoms with E-state index < -0.39 is 4.92 Å². The van der Waals surface area contributed by atoms with E-state index >= 15 is 0 Å². The van der Waals surface area contributed by atoms with E-state index in [0.717, 1.165) is 12.4 Å². The van der Waals surface area contributed by atoms with Crippen LogP contribution in [0, 0.1) is 16.0 Å². The van der Waals surface area contributed by atoms with Crippen LogP contribution in [0.4, 0.5) is 11.5 Å². The van der Waals surface area contributed by atoms with Crippen molar-refractivity contribution < 1.29 is 4.92 Å². The van der Waals surface area contributed by atoms with Gasteiger partial charge >= 0.3 is 0 Å². The third-order valence-corrected chi connectivity index (χ3v) is 5.05. The van der Waals surface area contributed by atoms with E-state index in [1.807, 2.05) is 6.08 Å². The average Bonchev–Trinajstić information content (AvgIpc) is 3.10. The van der Waals surface area contributed by atoms with Crippen LogP contribution in [0.25, 0.3) is 10.7 Å². The van der Waals surface area contributed by atoms with Gasteiger partial charge in [0.05, 0.1) is 27.9 Å². The Bertz CT molecular complexity index is 888. The minimum atomic E-state index is -0.438. The van der Waals surface area contributed by atoms with E-state index in [-0.39, 0.29) is 5.69 Å². The number of amidine groups is 1. The molecule has 9 heteroatoms. The SMILES string of the molecule is O=[N+]([O-])c1csc(-c2ncc(Cl)c(NC3=NCC(C4CC4)=C3)n2)c1. The average molecular weight is 362 g/mol. The molecule has 0 amide bonds. The zero-order chi connectivity index (χ0) is 16.7. The molecule has 24 heavy (non-hydrogen) atoms. The summed E-state index contributed by atoms with van der Waals surface area (Å²) in [5.41, 5.74) is 1.37. The molecule has 0 spiro atoms. The number of thiophene rings is 1.